The normalized spacial score (nSPS) is 11.0. The Morgan fingerprint density at radius 3 is 3.11 bits per heavy atom. The number of hydrogen-bond acceptors (Lipinski definition) is 5. The summed E-state index contributed by atoms with van der Waals surface area (Å²) in [6.45, 7) is 3.66. The number of fused-ring (bicyclic) bond motifs is 1. The summed E-state index contributed by atoms with van der Waals surface area (Å²) in [4.78, 5) is 8.49. The fourth-order valence-electron chi connectivity index (χ4n) is 2.00. The molecular formula is C13H15N5S. The Balaban J connectivity index is 1.74. The van der Waals surface area contributed by atoms with Crippen molar-refractivity contribution < 1.29 is 0 Å². The predicted molar refractivity (Wildman–Crippen MR) is 79.5 cm³/mol. The van der Waals surface area contributed by atoms with E-state index in [2.05, 4.69) is 15.3 Å². The Hall–Kier alpha value is -2.08. The molecule has 0 bridgehead atoms. The van der Waals surface area contributed by atoms with Gasteiger partial charge in [0.1, 0.15) is 0 Å². The topological polar surface area (TPSA) is 68.8 Å². The smallest absolute Gasteiger partial charge is 0.0946 e. The molecule has 19 heavy (non-hydrogen) atoms. The average Bonchev–Trinajstić information content (AvgIpc) is 2.98. The minimum atomic E-state index is 0.766. The quantitative estimate of drug-likeness (QED) is 0.717. The zero-order valence-corrected chi connectivity index (χ0v) is 11.4. The van der Waals surface area contributed by atoms with Gasteiger partial charge in [0.2, 0.25) is 0 Å². The number of nitrogens with one attached hydrogen (secondary N) is 1. The molecule has 0 saturated carbocycles. The molecular weight excluding hydrogens is 258 g/mol. The predicted octanol–water partition coefficient (Wildman–Crippen LogP) is 2.50. The van der Waals surface area contributed by atoms with Gasteiger partial charge in [0.25, 0.3) is 0 Å². The molecule has 0 unspecified atom stereocenters. The number of thiazole rings is 1. The lowest BCUT2D eigenvalue weighted by molar-refractivity contribution is 0.727. The molecule has 0 fully saturated rings. The lowest BCUT2D eigenvalue weighted by atomic mass is 10.2. The molecule has 0 radical (unpaired) electrons. The summed E-state index contributed by atoms with van der Waals surface area (Å²) in [6.07, 6.45) is 5.52. The lowest BCUT2D eigenvalue weighted by Gasteiger charge is -2.09. The fraction of sp³-hybridized carbons (Fsp3) is 0.231. The van der Waals surface area contributed by atoms with E-state index in [-0.39, 0.29) is 0 Å². The summed E-state index contributed by atoms with van der Waals surface area (Å²) in [5.74, 6) is 0. The van der Waals surface area contributed by atoms with Crippen LogP contribution in [0.3, 0.4) is 0 Å². The first-order chi connectivity index (χ1) is 9.22. The van der Waals surface area contributed by atoms with Crippen molar-refractivity contribution >= 4 is 32.9 Å². The maximum atomic E-state index is 6.05. The molecule has 0 saturated heterocycles. The van der Waals surface area contributed by atoms with Crippen LogP contribution < -0.4 is 11.1 Å². The van der Waals surface area contributed by atoms with Gasteiger partial charge in [-0.3, -0.25) is 0 Å². The number of aromatic nitrogens is 3. The molecule has 1 aromatic carbocycles. The number of benzene rings is 1. The number of rotatable bonds is 4. The van der Waals surface area contributed by atoms with E-state index in [1.54, 1.807) is 23.9 Å². The first-order valence-corrected chi connectivity index (χ1v) is 6.90. The van der Waals surface area contributed by atoms with Crippen LogP contribution in [-0.2, 0) is 6.54 Å². The highest BCUT2D eigenvalue weighted by Gasteiger charge is 2.05. The van der Waals surface area contributed by atoms with E-state index in [0.717, 1.165) is 39.7 Å². The fourth-order valence-corrected chi connectivity index (χ4v) is 2.85. The molecule has 0 spiro atoms. The van der Waals surface area contributed by atoms with Crippen molar-refractivity contribution in [3.63, 3.8) is 0 Å². The highest BCUT2D eigenvalue weighted by molar-refractivity contribution is 7.18. The number of nitrogens with zero attached hydrogens (tertiary/aromatic N) is 3. The molecule has 0 aliphatic rings. The summed E-state index contributed by atoms with van der Waals surface area (Å²) in [5, 5.41) is 4.40. The van der Waals surface area contributed by atoms with Crippen LogP contribution in [0.4, 0.5) is 11.4 Å². The third kappa shape index (κ3) is 2.53. The summed E-state index contributed by atoms with van der Waals surface area (Å²) in [5.41, 5.74) is 8.76. The van der Waals surface area contributed by atoms with E-state index >= 15 is 0 Å². The average molecular weight is 273 g/mol. The molecule has 0 aliphatic carbocycles. The summed E-state index contributed by atoms with van der Waals surface area (Å²) in [6, 6.07) is 4.00. The van der Waals surface area contributed by atoms with Gasteiger partial charge in [-0.25, -0.2) is 9.97 Å². The van der Waals surface area contributed by atoms with Gasteiger partial charge in [-0.2, -0.15) is 0 Å². The molecule has 3 aromatic rings. The van der Waals surface area contributed by atoms with Crippen LogP contribution in [0.1, 0.15) is 5.01 Å². The number of nitrogen functional groups attached to an aromatic ring is 1. The van der Waals surface area contributed by atoms with Gasteiger partial charge in [0.05, 0.1) is 32.9 Å². The van der Waals surface area contributed by atoms with Gasteiger partial charge in [-0.15, -0.1) is 11.3 Å². The second-order valence-electron chi connectivity index (χ2n) is 4.37. The number of aryl methyl sites for hydroxylation is 1. The van der Waals surface area contributed by atoms with E-state index in [0.29, 0.717) is 0 Å². The van der Waals surface area contributed by atoms with Crippen molar-refractivity contribution in [2.45, 2.75) is 13.5 Å². The number of nitrogens with two attached hydrogens (primary N) is 1. The van der Waals surface area contributed by atoms with Crippen LogP contribution in [0.25, 0.3) is 10.2 Å². The Morgan fingerprint density at radius 2 is 2.32 bits per heavy atom. The van der Waals surface area contributed by atoms with Crippen LogP contribution >= 0.6 is 11.3 Å². The molecule has 0 atom stereocenters. The highest BCUT2D eigenvalue weighted by Crippen LogP contribution is 2.29. The van der Waals surface area contributed by atoms with Crippen LogP contribution in [0.5, 0.6) is 0 Å². The Bertz CT molecular complexity index is 686. The number of imidazole rings is 1. The maximum absolute atomic E-state index is 6.05. The summed E-state index contributed by atoms with van der Waals surface area (Å²) in [7, 11) is 0. The molecule has 3 rings (SSSR count). The second kappa shape index (κ2) is 4.89. The second-order valence-corrected chi connectivity index (χ2v) is 5.60. The van der Waals surface area contributed by atoms with E-state index < -0.39 is 0 Å². The molecule has 0 amide bonds. The Morgan fingerprint density at radius 1 is 1.42 bits per heavy atom. The molecule has 2 aromatic heterocycles. The minimum absolute atomic E-state index is 0.766. The van der Waals surface area contributed by atoms with Gasteiger partial charge < -0.3 is 15.6 Å². The molecule has 0 aliphatic heterocycles. The Labute approximate surface area is 115 Å². The first-order valence-electron chi connectivity index (χ1n) is 6.08. The van der Waals surface area contributed by atoms with Crippen molar-refractivity contribution in [3.05, 3.63) is 35.9 Å². The number of anilines is 2. The lowest BCUT2D eigenvalue weighted by Crippen LogP contribution is -2.10. The van der Waals surface area contributed by atoms with Gasteiger partial charge in [-0.05, 0) is 19.1 Å². The van der Waals surface area contributed by atoms with Crippen molar-refractivity contribution in [2.24, 2.45) is 0 Å². The minimum Gasteiger partial charge on any atom is -0.397 e. The first kappa shape index (κ1) is 12.0. The van der Waals surface area contributed by atoms with Crippen LogP contribution in [-0.4, -0.2) is 21.1 Å². The standard InChI is InChI=1S/C13H15N5S/c1-9-17-12-7-11(10(14)6-13(12)19-9)16-3-5-18-4-2-15-8-18/h2,4,6-8,16H,3,5,14H2,1H3. The molecule has 98 valence electrons. The molecule has 5 nitrogen and oxygen atoms in total. The zero-order valence-electron chi connectivity index (χ0n) is 10.6. The van der Waals surface area contributed by atoms with Gasteiger partial charge in [0, 0.05) is 25.5 Å². The SMILES string of the molecule is Cc1nc2cc(NCCn3ccnc3)c(N)cc2s1. The molecule has 3 N–H and O–H groups in total. The third-order valence-corrected chi connectivity index (χ3v) is 3.84. The molecule has 2 heterocycles. The largest absolute Gasteiger partial charge is 0.397 e. The van der Waals surface area contributed by atoms with Crippen molar-refractivity contribution in [1.29, 1.82) is 0 Å². The summed E-state index contributed by atoms with van der Waals surface area (Å²) < 4.78 is 3.16. The molecule has 6 heteroatoms. The van der Waals surface area contributed by atoms with Gasteiger partial charge in [-0.1, -0.05) is 0 Å². The van der Waals surface area contributed by atoms with E-state index in [1.807, 2.05) is 29.8 Å². The number of hydrogen-bond donors (Lipinski definition) is 2. The highest BCUT2D eigenvalue weighted by atomic mass is 32.1. The van der Waals surface area contributed by atoms with Crippen LogP contribution in [0.15, 0.2) is 30.9 Å². The van der Waals surface area contributed by atoms with Gasteiger partial charge >= 0.3 is 0 Å². The zero-order chi connectivity index (χ0) is 13.2. The van der Waals surface area contributed by atoms with Gasteiger partial charge in [0.15, 0.2) is 0 Å². The van der Waals surface area contributed by atoms with Crippen molar-refractivity contribution in [2.75, 3.05) is 17.6 Å². The van der Waals surface area contributed by atoms with E-state index in [4.69, 9.17) is 5.73 Å². The monoisotopic (exact) mass is 273 g/mol. The summed E-state index contributed by atoms with van der Waals surface area (Å²) >= 11 is 1.67. The van der Waals surface area contributed by atoms with Crippen molar-refractivity contribution in [3.8, 4) is 0 Å². The van der Waals surface area contributed by atoms with Crippen molar-refractivity contribution in [1.82, 2.24) is 14.5 Å². The maximum Gasteiger partial charge on any atom is 0.0946 e. The van der Waals surface area contributed by atoms with Crippen LogP contribution in [0.2, 0.25) is 0 Å². The Kier molecular flexibility index (Phi) is 3.08. The van der Waals surface area contributed by atoms with E-state index in [9.17, 15) is 0 Å². The van der Waals surface area contributed by atoms with E-state index in [1.165, 1.54) is 0 Å². The van der Waals surface area contributed by atoms with Crippen LogP contribution in [0, 0.1) is 6.92 Å². The third-order valence-electron chi connectivity index (χ3n) is 2.91.